The van der Waals surface area contributed by atoms with Crippen molar-refractivity contribution in [3.05, 3.63) is 32.8 Å². The van der Waals surface area contributed by atoms with Crippen molar-refractivity contribution in [3.63, 3.8) is 0 Å². The molecule has 124 valence electrons. The summed E-state index contributed by atoms with van der Waals surface area (Å²) >= 11 is 18.2. The number of hydrogen-bond acceptors (Lipinski definition) is 0. The molecule has 0 fully saturated rings. The zero-order valence-electron chi connectivity index (χ0n) is 13.6. The number of hydrogen-bond donors (Lipinski definition) is 0. The van der Waals surface area contributed by atoms with Gasteiger partial charge in [-0.3, -0.25) is 0 Å². The Kier molecular flexibility index (Phi) is 14.7. The second-order valence-electron chi connectivity index (χ2n) is 5.77. The van der Waals surface area contributed by atoms with Crippen LogP contribution >= 0.6 is 34.8 Å². The minimum Gasteiger partial charge on any atom is -0.0827 e. The van der Waals surface area contributed by atoms with Crippen LogP contribution in [0, 0.1) is 0 Å². The summed E-state index contributed by atoms with van der Waals surface area (Å²) in [6.45, 7) is 2.26. The Labute approximate surface area is 166 Å². The maximum atomic E-state index is 6.21. The zero-order valence-corrected chi connectivity index (χ0v) is 17.4. The van der Waals surface area contributed by atoms with Crippen LogP contribution in [0.3, 0.4) is 0 Å². The molecule has 0 heterocycles. The zero-order chi connectivity index (χ0) is 15.5. The number of halogens is 3. The van der Waals surface area contributed by atoms with Crippen LogP contribution in [0.5, 0.6) is 0 Å². The van der Waals surface area contributed by atoms with Crippen LogP contribution in [0.2, 0.25) is 15.1 Å². The second-order valence-corrected chi connectivity index (χ2v) is 6.93. The van der Waals surface area contributed by atoms with Gasteiger partial charge in [0.2, 0.25) is 0 Å². The first-order chi connectivity index (χ1) is 10.2. The summed E-state index contributed by atoms with van der Waals surface area (Å²) in [5, 5.41) is 1.65. The van der Waals surface area contributed by atoms with Crippen molar-refractivity contribution in [2.45, 2.75) is 77.6 Å². The monoisotopic (exact) mass is 396 g/mol. The van der Waals surface area contributed by atoms with E-state index in [0.29, 0.717) is 15.1 Å². The Morgan fingerprint density at radius 3 is 1.73 bits per heavy atom. The third-order valence-electron chi connectivity index (χ3n) is 3.91. The molecule has 1 aromatic carbocycles. The van der Waals surface area contributed by atoms with E-state index in [2.05, 4.69) is 6.92 Å². The Morgan fingerprint density at radius 1 is 0.682 bits per heavy atom. The van der Waals surface area contributed by atoms with Gasteiger partial charge in [0.1, 0.15) is 0 Å². The van der Waals surface area contributed by atoms with Crippen LogP contribution in [0.15, 0.2) is 12.1 Å². The van der Waals surface area contributed by atoms with Crippen molar-refractivity contribution >= 4 is 34.8 Å². The molecular weight excluding hydrogens is 370 g/mol. The summed E-state index contributed by atoms with van der Waals surface area (Å²) in [7, 11) is 0. The Morgan fingerprint density at radius 2 is 1.18 bits per heavy atom. The van der Waals surface area contributed by atoms with Crippen molar-refractivity contribution in [1.29, 1.82) is 0 Å². The van der Waals surface area contributed by atoms with Gasteiger partial charge in [0.15, 0.2) is 0 Å². The predicted molar refractivity (Wildman–Crippen MR) is 97.0 cm³/mol. The molecule has 0 saturated heterocycles. The van der Waals surface area contributed by atoms with Crippen LogP contribution in [0.4, 0.5) is 0 Å². The topological polar surface area (TPSA) is 0 Å². The van der Waals surface area contributed by atoms with E-state index >= 15 is 0 Å². The standard InChI is InChI=1S/C18H27Cl3.Ti/c1-2-3-4-5-6-7-8-9-10-11-12-15-13-14-16(19)18(21)17(15)20;/h13-14H,2-12H2,1H3;. The normalized spacial score (nSPS) is 10.5. The summed E-state index contributed by atoms with van der Waals surface area (Å²) in [5.41, 5.74) is 1.12. The minimum atomic E-state index is 0. The molecule has 0 aromatic heterocycles. The average Bonchev–Trinajstić information content (AvgIpc) is 2.49. The van der Waals surface area contributed by atoms with E-state index in [4.69, 9.17) is 34.8 Å². The van der Waals surface area contributed by atoms with Crippen molar-refractivity contribution < 1.29 is 21.7 Å². The van der Waals surface area contributed by atoms with E-state index in [0.717, 1.165) is 12.0 Å². The third kappa shape index (κ3) is 9.19. The molecular formula is C18H27Cl3Ti. The first-order valence-electron chi connectivity index (χ1n) is 8.29. The van der Waals surface area contributed by atoms with Gasteiger partial charge in [-0.05, 0) is 24.5 Å². The molecule has 0 saturated carbocycles. The van der Waals surface area contributed by atoms with Gasteiger partial charge >= 0.3 is 0 Å². The van der Waals surface area contributed by atoms with E-state index < -0.39 is 0 Å². The predicted octanol–water partition coefficient (Wildman–Crippen LogP) is 8.11. The summed E-state index contributed by atoms with van der Waals surface area (Å²) < 4.78 is 0. The molecule has 0 amide bonds. The number of unbranched alkanes of at least 4 members (excludes halogenated alkanes) is 9. The van der Waals surface area contributed by atoms with Gasteiger partial charge in [-0.2, -0.15) is 0 Å². The Hall–Kier alpha value is 0.804. The largest absolute Gasteiger partial charge is 0.0827 e. The van der Waals surface area contributed by atoms with Gasteiger partial charge in [0.25, 0.3) is 0 Å². The van der Waals surface area contributed by atoms with Gasteiger partial charge in [-0.25, -0.2) is 0 Å². The average molecular weight is 398 g/mol. The molecule has 0 spiro atoms. The molecule has 22 heavy (non-hydrogen) atoms. The second kappa shape index (κ2) is 14.2. The van der Waals surface area contributed by atoms with Crippen molar-refractivity contribution in [2.24, 2.45) is 0 Å². The number of rotatable bonds is 11. The van der Waals surface area contributed by atoms with E-state index in [1.807, 2.05) is 12.1 Å². The van der Waals surface area contributed by atoms with E-state index in [-0.39, 0.29) is 21.7 Å². The molecule has 0 aliphatic heterocycles. The fourth-order valence-corrected chi connectivity index (χ4v) is 3.21. The minimum absolute atomic E-state index is 0. The maximum Gasteiger partial charge on any atom is 0.0781 e. The number of benzene rings is 1. The molecule has 1 rings (SSSR count). The first-order valence-corrected chi connectivity index (χ1v) is 9.42. The van der Waals surface area contributed by atoms with Gasteiger partial charge in [0, 0.05) is 21.7 Å². The quantitative estimate of drug-likeness (QED) is 0.201. The van der Waals surface area contributed by atoms with E-state index in [1.54, 1.807) is 0 Å². The molecule has 0 nitrogen and oxygen atoms in total. The van der Waals surface area contributed by atoms with Crippen molar-refractivity contribution in [3.8, 4) is 0 Å². The summed E-state index contributed by atoms with van der Waals surface area (Å²) in [6, 6.07) is 3.83. The van der Waals surface area contributed by atoms with Crippen molar-refractivity contribution in [2.75, 3.05) is 0 Å². The molecule has 0 bridgehead atoms. The first kappa shape index (κ1) is 22.8. The summed E-state index contributed by atoms with van der Waals surface area (Å²) in [6.07, 6.45) is 14.5. The van der Waals surface area contributed by atoms with Crippen LogP contribution < -0.4 is 0 Å². The van der Waals surface area contributed by atoms with Gasteiger partial charge in [-0.1, -0.05) is 106 Å². The summed E-state index contributed by atoms with van der Waals surface area (Å²) in [4.78, 5) is 0. The van der Waals surface area contributed by atoms with E-state index in [1.165, 1.54) is 64.2 Å². The molecule has 1 aromatic rings. The SMILES string of the molecule is CCCCCCCCCCCCc1ccc(Cl)c(Cl)c1Cl.[Ti]. The van der Waals surface area contributed by atoms with Crippen LogP contribution in [-0.4, -0.2) is 0 Å². The smallest absolute Gasteiger partial charge is 0.0781 e. The van der Waals surface area contributed by atoms with Crippen LogP contribution in [0.25, 0.3) is 0 Å². The Bertz CT molecular complexity index is 408. The van der Waals surface area contributed by atoms with Crippen LogP contribution in [0.1, 0.15) is 76.7 Å². The molecule has 0 N–H and O–H groups in total. The number of aryl methyl sites for hydroxylation is 1. The fraction of sp³-hybridized carbons (Fsp3) is 0.667. The van der Waals surface area contributed by atoms with Crippen molar-refractivity contribution in [1.82, 2.24) is 0 Å². The molecule has 0 radical (unpaired) electrons. The molecule has 0 aliphatic rings. The Balaban J connectivity index is 0.00000441. The van der Waals surface area contributed by atoms with Gasteiger partial charge in [-0.15, -0.1) is 0 Å². The van der Waals surface area contributed by atoms with Gasteiger partial charge in [0.05, 0.1) is 15.1 Å². The fourth-order valence-electron chi connectivity index (χ4n) is 2.56. The third-order valence-corrected chi connectivity index (χ3v) is 5.25. The molecule has 0 aliphatic carbocycles. The van der Waals surface area contributed by atoms with E-state index in [9.17, 15) is 0 Å². The molecule has 4 heteroatoms. The van der Waals surface area contributed by atoms with Gasteiger partial charge < -0.3 is 0 Å². The molecule has 0 atom stereocenters. The maximum absolute atomic E-state index is 6.21. The van der Waals surface area contributed by atoms with Crippen LogP contribution in [-0.2, 0) is 28.1 Å². The summed E-state index contributed by atoms with van der Waals surface area (Å²) in [5.74, 6) is 0. The molecule has 0 unspecified atom stereocenters.